The summed E-state index contributed by atoms with van der Waals surface area (Å²) in [6.45, 7) is 3.34. The van der Waals surface area contributed by atoms with Crippen LogP contribution in [0, 0.1) is 6.92 Å². The highest BCUT2D eigenvalue weighted by atomic mass is 32.2. The Morgan fingerprint density at radius 3 is 2.53 bits per heavy atom. The Labute approximate surface area is 304 Å². The van der Waals surface area contributed by atoms with Gasteiger partial charge in [0.1, 0.15) is 24.1 Å². The highest BCUT2D eigenvalue weighted by Gasteiger charge is 2.46. The lowest BCUT2D eigenvalue weighted by Gasteiger charge is -2.37. The van der Waals surface area contributed by atoms with Gasteiger partial charge in [0.05, 0.1) is 12.7 Å². The third-order valence-corrected chi connectivity index (χ3v) is 11.3. The first-order valence-electron chi connectivity index (χ1n) is 18.1. The van der Waals surface area contributed by atoms with Crippen LogP contribution in [-0.4, -0.2) is 110 Å². The summed E-state index contributed by atoms with van der Waals surface area (Å²) in [6, 6.07) is 16.7. The molecule has 3 fully saturated rings. The van der Waals surface area contributed by atoms with Crippen molar-refractivity contribution in [3.05, 3.63) is 77.6 Å². The molecular weight excluding hydrogens is 671 g/mol. The molecule has 2 aromatic carbocycles. The number of benzene rings is 2. The molecule has 4 atom stereocenters. The molecule has 12 heteroatoms. The second-order valence-electron chi connectivity index (χ2n) is 14.0. The van der Waals surface area contributed by atoms with Gasteiger partial charge in [-0.2, -0.15) is 0 Å². The molecule has 2 aliphatic carbocycles. The zero-order valence-corrected chi connectivity index (χ0v) is 30.0. The number of carbonyl (C=O) groups is 1. The largest absolute Gasteiger partial charge is 0.490 e. The molecule has 0 radical (unpaired) electrons. The van der Waals surface area contributed by atoms with E-state index in [4.69, 9.17) is 14.6 Å². The van der Waals surface area contributed by atoms with Gasteiger partial charge in [-0.05, 0) is 104 Å². The number of aryl methyl sites for hydroxylation is 1. The smallest absolute Gasteiger partial charge is 0.254 e. The van der Waals surface area contributed by atoms with Crippen LogP contribution in [-0.2, 0) is 21.6 Å². The summed E-state index contributed by atoms with van der Waals surface area (Å²) in [4.78, 5) is 20.6. The zero-order valence-electron chi connectivity index (χ0n) is 29.2. The molecule has 2 saturated carbocycles. The molecule has 4 unspecified atom stereocenters. The molecule has 1 saturated heterocycles. The number of hydrogen-bond donors (Lipinski definition) is 6. The molecule has 0 spiro atoms. The molecule has 2 heterocycles. The van der Waals surface area contributed by atoms with E-state index in [2.05, 4.69) is 59.7 Å². The summed E-state index contributed by atoms with van der Waals surface area (Å²) in [5.74, 6) is 0.935. The van der Waals surface area contributed by atoms with E-state index in [9.17, 15) is 25.2 Å². The van der Waals surface area contributed by atoms with Gasteiger partial charge in [-0.1, -0.05) is 24.3 Å². The monoisotopic (exact) mass is 721 g/mol. The number of nitrogens with zero attached hydrogens (tertiary/aromatic N) is 2. The third-order valence-electron chi connectivity index (χ3n) is 10.3. The summed E-state index contributed by atoms with van der Waals surface area (Å²) in [7, 11) is 0. The van der Waals surface area contributed by atoms with Crippen LogP contribution >= 0.6 is 11.8 Å². The van der Waals surface area contributed by atoms with E-state index in [0.29, 0.717) is 51.7 Å². The zero-order chi connectivity index (χ0) is 36.0. The van der Waals surface area contributed by atoms with Gasteiger partial charge >= 0.3 is 0 Å². The van der Waals surface area contributed by atoms with Crippen LogP contribution < -0.4 is 10.1 Å². The Morgan fingerprint density at radius 2 is 1.80 bits per heavy atom. The summed E-state index contributed by atoms with van der Waals surface area (Å²) < 4.78 is 11.8. The van der Waals surface area contributed by atoms with Crippen molar-refractivity contribution in [2.75, 3.05) is 32.1 Å². The average Bonchev–Trinajstić information content (AvgIpc) is 4.12. The maximum Gasteiger partial charge on any atom is 0.254 e. The van der Waals surface area contributed by atoms with Gasteiger partial charge in [0.25, 0.3) is 5.91 Å². The fourth-order valence-electron chi connectivity index (χ4n) is 6.76. The van der Waals surface area contributed by atoms with E-state index in [1.54, 1.807) is 16.7 Å². The standard InChI is InChI=1S/C39H51N3O8S/c1-25-7-10-29(51-20-4-17-42(27-12-18-49-19-13-27)38(48)37(47)36(46)35(45)33(44)24-43)21-26(25)22-41-39(14-15-39)32-23-40-16-11-30(32)31-5-2-3-6-34(31)50-28-8-9-28/h2-3,5-7,10-11,16,21,23,27-28,33,35-37,41,43-47H,4,8-9,12-15,17-20,22,24H2,1H3. The Bertz CT molecular complexity index is 1610. The van der Waals surface area contributed by atoms with Gasteiger partial charge in [0.15, 0.2) is 6.10 Å². The summed E-state index contributed by atoms with van der Waals surface area (Å²) in [6.07, 6.45) is 2.84. The van der Waals surface area contributed by atoms with Gasteiger partial charge < -0.3 is 45.2 Å². The summed E-state index contributed by atoms with van der Waals surface area (Å²) >= 11 is 1.70. The van der Waals surface area contributed by atoms with Crippen LogP contribution in [0.5, 0.6) is 5.75 Å². The minimum absolute atomic E-state index is 0.156. The van der Waals surface area contributed by atoms with Crippen LogP contribution in [0.1, 0.15) is 61.6 Å². The number of aliphatic hydroxyl groups is 5. The third kappa shape index (κ3) is 9.30. The molecule has 1 aromatic heterocycles. The first kappa shape index (κ1) is 37.7. The maximum atomic E-state index is 13.4. The average molecular weight is 722 g/mol. The maximum absolute atomic E-state index is 13.4. The number of hydrogen-bond acceptors (Lipinski definition) is 11. The molecule has 3 aromatic rings. The number of thioether (sulfide) groups is 1. The molecule has 276 valence electrons. The van der Waals surface area contributed by atoms with E-state index in [1.807, 2.05) is 18.5 Å². The molecule has 1 amide bonds. The van der Waals surface area contributed by atoms with Crippen molar-refractivity contribution in [2.24, 2.45) is 0 Å². The van der Waals surface area contributed by atoms with Crippen molar-refractivity contribution in [1.82, 2.24) is 15.2 Å². The number of pyridine rings is 1. The SMILES string of the molecule is Cc1ccc(SCCCN(C(=O)C(O)C(O)C(O)C(O)CO)C2CCOCC2)cc1CNC1(c2cnccc2-c2ccccc2OC2CC2)CC1. The van der Waals surface area contributed by atoms with E-state index in [-0.39, 0.29) is 11.6 Å². The van der Waals surface area contributed by atoms with Gasteiger partial charge in [0.2, 0.25) is 0 Å². The van der Waals surface area contributed by atoms with E-state index in [0.717, 1.165) is 53.2 Å². The van der Waals surface area contributed by atoms with Crippen molar-refractivity contribution in [2.45, 2.75) is 105 Å². The Balaban J connectivity index is 1.07. The number of rotatable bonds is 18. The van der Waals surface area contributed by atoms with Crippen molar-refractivity contribution in [1.29, 1.82) is 0 Å². The van der Waals surface area contributed by atoms with Gasteiger partial charge in [-0.3, -0.25) is 9.78 Å². The normalized spacial score (nSPS) is 19.6. The first-order chi connectivity index (χ1) is 24.7. The van der Waals surface area contributed by atoms with Crippen LogP contribution in [0.15, 0.2) is 65.8 Å². The van der Waals surface area contributed by atoms with Crippen molar-refractivity contribution >= 4 is 17.7 Å². The van der Waals surface area contributed by atoms with Gasteiger partial charge in [0, 0.05) is 60.7 Å². The van der Waals surface area contributed by atoms with E-state index >= 15 is 0 Å². The number of nitrogens with one attached hydrogen (secondary N) is 1. The molecule has 0 bridgehead atoms. The Hall–Kier alpha value is -3.07. The van der Waals surface area contributed by atoms with Crippen LogP contribution in [0.4, 0.5) is 0 Å². The molecule has 6 N–H and O–H groups in total. The first-order valence-corrected chi connectivity index (χ1v) is 19.1. The second kappa shape index (κ2) is 17.2. The van der Waals surface area contributed by atoms with Crippen molar-refractivity contribution in [3.8, 4) is 16.9 Å². The predicted octanol–water partition coefficient (Wildman–Crippen LogP) is 3.30. The molecular formula is C39H51N3O8S. The fourth-order valence-corrected chi connectivity index (χ4v) is 7.66. The molecule has 51 heavy (non-hydrogen) atoms. The van der Waals surface area contributed by atoms with Gasteiger partial charge in [-0.25, -0.2) is 0 Å². The molecule has 1 aliphatic heterocycles. The number of carbonyl (C=O) groups excluding carboxylic acids is 1. The van der Waals surface area contributed by atoms with Crippen LogP contribution in [0.3, 0.4) is 0 Å². The quantitative estimate of drug-likeness (QED) is 0.0844. The summed E-state index contributed by atoms with van der Waals surface area (Å²) in [5.41, 5.74) is 5.71. The lowest BCUT2D eigenvalue weighted by Crippen LogP contribution is -2.55. The number of amides is 1. The fraction of sp³-hybridized carbons (Fsp3) is 0.538. The predicted molar refractivity (Wildman–Crippen MR) is 194 cm³/mol. The number of aromatic nitrogens is 1. The Kier molecular flexibility index (Phi) is 12.7. The number of aliphatic hydroxyl groups excluding tert-OH is 5. The Morgan fingerprint density at radius 1 is 1.04 bits per heavy atom. The number of ether oxygens (including phenoxy) is 2. The van der Waals surface area contributed by atoms with Gasteiger partial charge in [-0.15, -0.1) is 11.8 Å². The lowest BCUT2D eigenvalue weighted by molar-refractivity contribution is -0.162. The highest BCUT2D eigenvalue weighted by Crippen LogP contribution is 2.50. The number of para-hydroxylation sites is 1. The summed E-state index contributed by atoms with van der Waals surface area (Å²) in [5, 5.41) is 53.9. The van der Waals surface area contributed by atoms with Crippen molar-refractivity contribution < 1.29 is 39.8 Å². The minimum Gasteiger partial charge on any atom is -0.490 e. The van der Waals surface area contributed by atoms with E-state index < -0.39 is 36.9 Å². The molecule has 3 aliphatic rings. The van der Waals surface area contributed by atoms with Crippen LogP contribution in [0.25, 0.3) is 11.1 Å². The minimum atomic E-state index is -1.94. The molecule has 6 rings (SSSR count). The second-order valence-corrected chi connectivity index (χ2v) is 15.2. The van der Waals surface area contributed by atoms with E-state index in [1.165, 1.54) is 16.7 Å². The van der Waals surface area contributed by atoms with Crippen LogP contribution in [0.2, 0.25) is 0 Å². The lowest BCUT2D eigenvalue weighted by atomic mass is 9.94. The highest BCUT2D eigenvalue weighted by molar-refractivity contribution is 7.99. The van der Waals surface area contributed by atoms with Crippen molar-refractivity contribution in [3.63, 3.8) is 0 Å². The molecule has 11 nitrogen and oxygen atoms in total. The topological polar surface area (TPSA) is 165 Å².